The second kappa shape index (κ2) is 5.70. The number of nitrogens with one attached hydrogen (secondary N) is 1. The molecule has 0 unspecified atom stereocenters. The second-order valence-corrected chi connectivity index (χ2v) is 6.06. The van der Waals surface area contributed by atoms with E-state index in [2.05, 4.69) is 15.5 Å². The van der Waals surface area contributed by atoms with Gasteiger partial charge in [0.1, 0.15) is 5.82 Å². The lowest BCUT2D eigenvalue weighted by molar-refractivity contribution is -0.123. The van der Waals surface area contributed by atoms with E-state index in [1.165, 1.54) is 23.1 Å². The molecule has 24 heavy (non-hydrogen) atoms. The van der Waals surface area contributed by atoms with Crippen LogP contribution in [0.3, 0.4) is 0 Å². The Morgan fingerprint density at radius 3 is 2.88 bits per heavy atom. The number of carbonyl (C=O) groups excluding carboxylic acids is 2. The van der Waals surface area contributed by atoms with E-state index in [4.69, 9.17) is 0 Å². The van der Waals surface area contributed by atoms with Crippen LogP contribution < -0.4 is 5.32 Å². The molecule has 3 heterocycles. The quantitative estimate of drug-likeness (QED) is 0.882. The van der Waals surface area contributed by atoms with Crippen LogP contribution in [-0.2, 0) is 4.79 Å². The van der Waals surface area contributed by atoms with Crippen molar-refractivity contribution >= 4 is 11.8 Å². The van der Waals surface area contributed by atoms with Gasteiger partial charge in [0.05, 0.1) is 23.8 Å². The van der Waals surface area contributed by atoms with Gasteiger partial charge < -0.3 is 10.2 Å². The fraction of sp³-hybridized carbons (Fsp3) is 0.375. The first-order chi connectivity index (χ1) is 11.6. The predicted octanol–water partition coefficient (Wildman–Crippen LogP) is 0.757. The van der Waals surface area contributed by atoms with Crippen molar-refractivity contribution in [1.29, 1.82) is 0 Å². The molecular formula is C16H16FN5O2. The van der Waals surface area contributed by atoms with Crippen LogP contribution in [0.25, 0.3) is 5.69 Å². The SMILES string of the molecule is O=C1NC[C@H]2[C@H]1CCCN2C(=O)c1cnn(-c2ccc(F)cc2)n1. The Kier molecular flexibility index (Phi) is 3.51. The fourth-order valence-electron chi connectivity index (χ4n) is 3.41. The van der Waals surface area contributed by atoms with Gasteiger partial charge in [0.15, 0.2) is 5.69 Å². The van der Waals surface area contributed by atoms with Gasteiger partial charge in [0.25, 0.3) is 5.91 Å². The van der Waals surface area contributed by atoms with Crippen molar-refractivity contribution in [1.82, 2.24) is 25.2 Å². The summed E-state index contributed by atoms with van der Waals surface area (Å²) in [6, 6.07) is 5.59. The molecule has 1 N–H and O–H groups in total. The Hall–Kier alpha value is -2.77. The maximum absolute atomic E-state index is 13.0. The fourth-order valence-corrected chi connectivity index (χ4v) is 3.41. The van der Waals surface area contributed by atoms with Gasteiger partial charge in [0.2, 0.25) is 5.91 Å². The summed E-state index contributed by atoms with van der Waals surface area (Å²) >= 11 is 0. The van der Waals surface area contributed by atoms with Crippen molar-refractivity contribution in [2.24, 2.45) is 5.92 Å². The Morgan fingerprint density at radius 1 is 1.29 bits per heavy atom. The Balaban J connectivity index is 1.57. The van der Waals surface area contributed by atoms with E-state index in [0.717, 1.165) is 12.8 Å². The summed E-state index contributed by atoms with van der Waals surface area (Å²) in [5.74, 6) is -0.683. The van der Waals surface area contributed by atoms with Gasteiger partial charge in [-0.25, -0.2) is 4.39 Å². The topological polar surface area (TPSA) is 80.1 Å². The van der Waals surface area contributed by atoms with Crippen LogP contribution >= 0.6 is 0 Å². The number of fused-ring (bicyclic) bond motifs is 1. The van der Waals surface area contributed by atoms with Crippen LogP contribution in [-0.4, -0.2) is 50.8 Å². The summed E-state index contributed by atoms with van der Waals surface area (Å²) in [5, 5.41) is 11.1. The molecule has 2 aliphatic rings. The number of nitrogens with zero attached hydrogens (tertiary/aromatic N) is 4. The molecule has 2 saturated heterocycles. The predicted molar refractivity (Wildman–Crippen MR) is 81.9 cm³/mol. The number of hydrogen-bond donors (Lipinski definition) is 1. The smallest absolute Gasteiger partial charge is 0.276 e. The van der Waals surface area contributed by atoms with Crippen molar-refractivity contribution in [3.63, 3.8) is 0 Å². The van der Waals surface area contributed by atoms with Crippen LogP contribution in [0.2, 0.25) is 0 Å². The molecule has 2 atom stereocenters. The summed E-state index contributed by atoms with van der Waals surface area (Å²) in [7, 11) is 0. The third kappa shape index (κ3) is 2.44. The van der Waals surface area contributed by atoms with Crippen LogP contribution in [0.15, 0.2) is 30.5 Å². The highest BCUT2D eigenvalue weighted by Gasteiger charge is 2.43. The minimum atomic E-state index is -0.347. The molecule has 2 fully saturated rings. The molecule has 8 heteroatoms. The summed E-state index contributed by atoms with van der Waals surface area (Å²) in [6.07, 6.45) is 3.01. The maximum atomic E-state index is 13.0. The molecule has 0 bridgehead atoms. The van der Waals surface area contributed by atoms with Gasteiger partial charge in [-0.15, -0.1) is 5.10 Å². The monoisotopic (exact) mass is 329 g/mol. The zero-order chi connectivity index (χ0) is 16.7. The summed E-state index contributed by atoms with van der Waals surface area (Å²) in [5.41, 5.74) is 0.795. The first-order valence-corrected chi connectivity index (χ1v) is 7.90. The van der Waals surface area contributed by atoms with Crippen LogP contribution in [0, 0.1) is 11.7 Å². The number of benzene rings is 1. The average molecular weight is 329 g/mol. The minimum Gasteiger partial charge on any atom is -0.354 e. The van der Waals surface area contributed by atoms with E-state index in [1.54, 1.807) is 17.0 Å². The van der Waals surface area contributed by atoms with Gasteiger partial charge >= 0.3 is 0 Å². The highest BCUT2D eigenvalue weighted by Crippen LogP contribution is 2.28. The Bertz CT molecular complexity index is 788. The van der Waals surface area contributed by atoms with Crippen molar-refractivity contribution in [3.8, 4) is 5.69 Å². The number of rotatable bonds is 2. The van der Waals surface area contributed by atoms with Gasteiger partial charge in [0, 0.05) is 13.1 Å². The largest absolute Gasteiger partial charge is 0.354 e. The molecule has 0 aliphatic carbocycles. The summed E-state index contributed by atoms with van der Waals surface area (Å²) in [6.45, 7) is 1.10. The highest BCUT2D eigenvalue weighted by molar-refractivity contribution is 5.93. The lowest BCUT2D eigenvalue weighted by Gasteiger charge is -2.35. The van der Waals surface area contributed by atoms with E-state index in [0.29, 0.717) is 18.8 Å². The molecular weight excluding hydrogens is 313 g/mol. The number of likely N-dealkylation sites (tertiary alicyclic amines) is 1. The Labute approximate surface area is 137 Å². The Morgan fingerprint density at radius 2 is 2.08 bits per heavy atom. The molecule has 0 saturated carbocycles. The van der Waals surface area contributed by atoms with Crippen LogP contribution in [0.5, 0.6) is 0 Å². The second-order valence-electron chi connectivity index (χ2n) is 6.06. The molecule has 0 spiro atoms. The lowest BCUT2D eigenvalue weighted by atomic mass is 9.91. The zero-order valence-corrected chi connectivity index (χ0v) is 12.9. The molecule has 1 aromatic heterocycles. The number of piperidine rings is 1. The first-order valence-electron chi connectivity index (χ1n) is 7.90. The highest BCUT2D eigenvalue weighted by atomic mass is 19.1. The van der Waals surface area contributed by atoms with E-state index >= 15 is 0 Å². The molecule has 4 rings (SSSR count). The summed E-state index contributed by atoms with van der Waals surface area (Å²) in [4.78, 5) is 27.6. The third-order valence-electron chi connectivity index (χ3n) is 4.63. The molecule has 124 valence electrons. The third-order valence-corrected chi connectivity index (χ3v) is 4.63. The van der Waals surface area contributed by atoms with Crippen LogP contribution in [0.1, 0.15) is 23.3 Å². The molecule has 2 aromatic rings. The van der Waals surface area contributed by atoms with E-state index in [9.17, 15) is 14.0 Å². The number of carbonyl (C=O) groups is 2. The minimum absolute atomic E-state index is 0.0208. The average Bonchev–Trinajstić information content (AvgIpc) is 3.23. The molecule has 1 aromatic carbocycles. The first kappa shape index (κ1) is 14.8. The van der Waals surface area contributed by atoms with Gasteiger partial charge in [-0.2, -0.15) is 9.90 Å². The van der Waals surface area contributed by atoms with Crippen LogP contribution in [0.4, 0.5) is 4.39 Å². The molecule has 2 aliphatic heterocycles. The van der Waals surface area contributed by atoms with Crippen molar-refractivity contribution in [2.75, 3.05) is 13.1 Å². The number of hydrogen-bond acceptors (Lipinski definition) is 4. The maximum Gasteiger partial charge on any atom is 0.276 e. The standard InChI is InChI=1S/C16H16FN5O2/c17-10-3-5-11(6-4-10)22-19-8-13(20-22)16(24)21-7-1-2-12-14(21)9-18-15(12)23/h3-6,8,12,14H,1-2,7,9H2,(H,18,23)/t12-,14+/m1/s1. The summed E-state index contributed by atoms with van der Waals surface area (Å²) < 4.78 is 13.0. The molecule has 0 radical (unpaired) electrons. The van der Waals surface area contributed by atoms with Gasteiger partial charge in [-0.05, 0) is 37.1 Å². The van der Waals surface area contributed by atoms with E-state index in [1.807, 2.05) is 0 Å². The molecule has 7 nitrogen and oxygen atoms in total. The lowest BCUT2D eigenvalue weighted by Crippen LogP contribution is -2.48. The number of amides is 2. The van der Waals surface area contributed by atoms with Crippen molar-refractivity contribution < 1.29 is 14.0 Å². The van der Waals surface area contributed by atoms with Crippen molar-refractivity contribution in [3.05, 3.63) is 42.0 Å². The van der Waals surface area contributed by atoms with Crippen molar-refractivity contribution in [2.45, 2.75) is 18.9 Å². The zero-order valence-electron chi connectivity index (χ0n) is 12.9. The number of halogens is 1. The molecule has 2 amide bonds. The number of aromatic nitrogens is 3. The normalized spacial score (nSPS) is 23.0. The van der Waals surface area contributed by atoms with Gasteiger partial charge in [-0.1, -0.05) is 0 Å². The van der Waals surface area contributed by atoms with E-state index < -0.39 is 0 Å². The van der Waals surface area contributed by atoms with E-state index in [-0.39, 0.29) is 35.3 Å². The van der Waals surface area contributed by atoms with Gasteiger partial charge in [-0.3, -0.25) is 9.59 Å².